The van der Waals surface area contributed by atoms with Crippen molar-refractivity contribution in [2.45, 2.75) is 57.5 Å². The zero-order valence-electron chi connectivity index (χ0n) is 20.2. The molecule has 2 aliphatic heterocycles. The van der Waals surface area contributed by atoms with Crippen molar-refractivity contribution < 1.29 is 46.8 Å². The van der Waals surface area contributed by atoms with Crippen molar-refractivity contribution in [2.75, 3.05) is 19.8 Å². The van der Waals surface area contributed by atoms with E-state index in [1.807, 2.05) is 36.4 Å². The van der Waals surface area contributed by atoms with E-state index in [4.69, 9.17) is 9.47 Å². The summed E-state index contributed by atoms with van der Waals surface area (Å²) in [7, 11) is 0. The molecule has 0 aliphatic carbocycles. The number of quaternary nitrogens is 1. The van der Waals surface area contributed by atoms with Crippen LogP contribution >= 0.6 is 0 Å². The summed E-state index contributed by atoms with van der Waals surface area (Å²) in [5, 5.41) is 5.66. The monoisotopic (exact) mass is 509 g/mol. The first-order chi connectivity index (χ1) is 16.4. The van der Waals surface area contributed by atoms with Gasteiger partial charge in [0.2, 0.25) is 11.8 Å². The molecule has 35 heavy (non-hydrogen) atoms. The van der Waals surface area contributed by atoms with Crippen LogP contribution in [0, 0.1) is 5.92 Å². The van der Waals surface area contributed by atoms with E-state index in [-0.39, 0.29) is 43.0 Å². The quantitative estimate of drug-likeness (QED) is 0.205. The number of benzene rings is 1. The van der Waals surface area contributed by atoms with Crippen LogP contribution in [0.25, 0.3) is 0 Å². The molecule has 0 aromatic heterocycles. The molecule has 1 aromatic rings. The van der Waals surface area contributed by atoms with Crippen LogP contribution < -0.4 is 33.5 Å². The van der Waals surface area contributed by atoms with Gasteiger partial charge in [0.25, 0.3) is 6.47 Å². The normalized spacial score (nSPS) is 21.1. The van der Waals surface area contributed by atoms with E-state index in [1.165, 1.54) is 6.92 Å². The molecule has 5 N–H and O–H groups in total. The Kier molecular flexibility index (Phi) is 14.3. The highest BCUT2D eigenvalue weighted by atomic mass is 35.5. The lowest BCUT2D eigenvalue weighted by Gasteiger charge is -2.23. The molecule has 0 fully saturated rings. The van der Waals surface area contributed by atoms with E-state index >= 15 is 0 Å². The van der Waals surface area contributed by atoms with Crippen molar-refractivity contribution in [3.63, 3.8) is 0 Å². The number of carbonyl (C=O) groups excluding carboxylic acids is 4. The van der Waals surface area contributed by atoms with Crippen molar-refractivity contribution >= 4 is 24.1 Å². The minimum atomic E-state index is -0.737. The molecule has 2 bridgehead atoms. The van der Waals surface area contributed by atoms with Crippen LogP contribution in [0.15, 0.2) is 36.4 Å². The molecule has 3 rings (SSSR count). The summed E-state index contributed by atoms with van der Waals surface area (Å²) in [5.41, 5.74) is 4.72. The van der Waals surface area contributed by atoms with Crippen LogP contribution in [-0.2, 0) is 30.3 Å². The lowest BCUT2D eigenvalue weighted by molar-refractivity contribution is -0.368. The first-order valence-corrected chi connectivity index (χ1v) is 11.7. The minimum Gasteiger partial charge on any atom is -1.00 e. The molecule has 2 aliphatic rings. The molecule has 3 atom stereocenters. The Balaban J connectivity index is 0.00000612. The Bertz CT molecular complexity index is 846. The van der Waals surface area contributed by atoms with Crippen molar-refractivity contribution in [3.05, 3.63) is 42.0 Å². The van der Waals surface area contributed by atoms with E-state index in [0.29, 0.717) is 38.1 Å². The second kappa shape index (κ2) is 16.7. The second-order valence-corrected chi connectivity index (χ2v) is 8.47. The van der Waals surface area contributed by atoms with Crippen molar-refractivity contribution in [3.8, 4) is 5.75 Å². The molecule has 2 amide bonds. The number of ketones is 1. The number of Topliss-reactive ketones (excluding diaryl/α,β-unsaturated/α-hetero) is 1. The van der Waals surface area contributed by atoms with Crippen LogP contribution in [0.3, 0.4) is 0 Å². The average molecular weight is 510 g/mol. The van der Waals surface area contributed by atoms with Crippen molar-refractivity contribution in [1.82, 2.24) is 10.6 Å². The van der Waals surface area contributed by atoms with Gasteiger partial charge in [-0.05, 0) is 49.8 Å². The van der Waals surface area contributed by atoms with Gasteiger partial charge in [0.05, 0.1) is 18.6 Å². The van der Waals surface area contributed by atoms with Crippen LogP contribution in [0.2, 0.25) is 0 Å². The maximum Gasteiger partial charge on any atom is 0.293 e. The van der Waals surface area contributed by atoms with E-state index in [9.17, 15) is 19.2 Å². The lowest BCUT2D eigenvalue weighted by atomic mass is 9.90. The molecular weight excluding hydrogens is 474 g/mol. The molecule has 194 valence electrons. The highest BCUT2D eigenvalue weighted by Crippen LogP contribution is 2.19. The number of amides is 2. The van der Waals surface area contributed by atoms with Gasteiger partial charge in [-0.15, -0.1) is 0 Å². The van der Waals surface area contributed by atoms with Gasteiger partial charge in [-0.3, -0.25) is 19.2 Å². The summed E-state index contributed by atoms with van der Waals surface area (Å²) in [4.78, 5) is 48.9. The first-order valence-electron chi connectivity index (χ1n) is 11.7. The van der Waals surface area contributed by atoms with E-state index < -0.39 is 18.0 Å². The average Bonchev–Trinajstić information content (AvgIpc) is 2.81. The molecule has 2 heterocycles. The summed E-state index contributed by atoms with van der Waals surface area (Å²) in [6.07, 6.45) is 6.60. The van der Waals surface area contributed by atoms with E-state index in [1.54, 1.807) is 0 Å². The van der Waals surface area contributed by atoms with Crippen LogP contribution in [0.4, 0.5) is 0 Å². The minimum absolute atomic E-state index is 0. The van der Waals surface area contributed by atoms with Crippen LogP contribution in [0.1, 0.15) is 44.6 Å². The van der Waals surface area contributed by atoms with E-state index in [0.717, 1.165) is 24.9 Å². The molecule has 0 saturated carbocycles. The molecule has 0 unspecified atom stereocenters. The largest absolute Gasteiger partial charge is 1.00 e. The third-order valence-corrected chi connectivity index (χ3v) is 5.65. The van der Waals surface area contributed by atoms with Gasteiger partial charge in [-0.1, -0.05) is 24.3 Å². The van der Waals surface area contributed by atoms with Gasteiger partial charge in [-0.25, -0.2) is 0 Å². The molecule has 1 aromatic carbocycles. The zero-order chi connectivity index (χ0) is 24.8. The van der Waals surface area contributed by atoms with Crippen LogP contribution in [0.5, 0.6) is 5.75 Å². The number of hydrogen-bond acceptors (Lipinski definition) is 6. The Hall–Kier alpha value is -2.91. The summed E-state index contributed by atoms with van der Waals surface area (Å²) < 4.78 is 10.6. The van der Waals surface area contributed by atoms with Gasteiger partial charge in [0.1, 0.15) is 19.0 Å². The highest BCUT2D eigenvalue weighted by Gasteiger charge is 2.28. The Morgan fingerprint density at radius 1 is 1.20 bits per heavy atom. The smallest absolute Gasteiger partial charge is 0.293 e. The topological polar surface area (TPSA) is 138 Å². The van der Waals surface area contributed by atoms with Crippen molar-refractivity contribution in [1.29, 1.82) is 0 Å². The number of halogens is 1. The number of unbranched alkanes of at least 4 members (excludes halogenated alkanes) is 1. The van der Waals surface area contributed by atoms with Crippen LogP contribution in [-0.4, -0.2) is 55.9 Å². The standard InChI is InChI=1S/C25H35N3O6.ClH/c1-18(30)27-23-14-19-8-10-22(11-9-19)34-13-5-3-7-21(16-33-17-29)28-25(32)20(15-24(23)31)6-2-4-12-26;/h3,5,8-11,17,20-21,23H,2,4,6-7,12-16,26H2,1H3,(H,27,30)(H,28,32);1H/t20-,21-,23-;/m0./s1. The SMILES string of the molecule is CC(=O)N[C@H]1Cc2ccc(cc2)OCC=CC[C@@H](COC=O)NC(=O)[C@@H](CCCC[NH3+])CC1=O.[Cl-]. The first kappa shape index (κ1) is 30.1. The Morgan fingerprint density at radius 3 is 2.60 bits per heavy atom. The fourth-order valence-electron chi connectivity index (χ4n) is 3.84. The Morgan fingerprint density at radius 2 is 1.94 bits per heavy atom. The zero-order valence-corrected chi connectivity index (χ0v) is 20.9. The molecular formula is C25H36ClN3O6. The summed E-state index contributed by atoms with van der Waals surface area (Å²) in [5.74, 6) is -0.648. The van der Waals surface area contributed by atoms with Gasteiger partial charge in [-0.2, -0.15) is 0 Å². The third-order valence-electron chi connectivity index (χ3n) is 5.65. The molecule has 10 heteroatoms. The predicted octanol–water partition coefficient (Wildman–Crippen LogP) is -2.28. The number of carbonyl (C=O) groups is 4. The van der Waals surface area contributed by atoms with Gasteiger partial charge in [0, 0.05) is 19.3 Å². The maximum absolute atomic E-state index is 13.2. The maximum atomic E-state index is 13.2. The lowest BCUT2D eigenvalue weighted by Crippen LogP contribution is -3.00. The van der Waals surface area contributed by atoms with Crippen molar-refractivity contribution in [2.24, 2.45) is 5.92 Å². The fourth-order valence-corrected chi connectivity index (χ4v) is 3.84. The molecule has 0 spiro atoms. The number of ether oxygens (including phenoxy) is 2. The number of rotatable bonds is 8. The second-order valence-electron chi connectivity index (χ2n) is 8.47. The fraction of sp³-hybridized carbons (Fsp3) is 0.520. The summed E-state index contributed by atoms with van der Waals surface area (Å²) >= 11 is 0. The molecule has 0 saturated heterocycles. The molecule has 0 radical (unpaired) electrons. The number of nitrogens with one attached hydrogen (secondary N) is 2. The Labute approximate surface area is 212 Å². The summed E-state index contributed by atoms with van der Waals surface area (Å²) in [6, 6.07) is 6.21. The number of hydrogen-bond donors (Lipinski definition) is 3. The molecule has 9 nitrogen and oxygen atoms in total. The van der Waals surface area contributed by atoms with Gasteiger partial charge >= 0.3 is 0 Å². The van der Waals surface area contributed by atoms with Gasteiger partial charge < -0.3 is 38.2 Å². The van der Waals surface area contributed by atoms with Gasteiger partial charge in [0.15, 0.2) is 5.78 Å². The summed E-state index contributed by atoms with van der Waals surface area (Å²) in [6.45, 7) is 2.83. The van der Waals surface area contributed by atoms with E-state index in [2.05, 4.69) is 16.4 Å². The predicted molar refractivity (Wildman–Crippen MR) is 126 cm³/mol. The highest BCUT2D eigenvalue weighted by molar-refractivity contribution is 5.92. The third kappa shape index (κ3) is 11.4. The number of fused-ring (bicyclic) bond motifs is 13.